The molecule has 2 aromatic rings. The van der Waals surface area contributed by atoms with Crippen LogP contribution in [-0.4, -0.2) is 4.92 Å². The van der Waals surface area contributed by atoms with E-state index >= 15 is 0 Å². The van der Waals surface area contributed by atoms with Gasteiger partial charge in [-0.15, -0.1) is 0 Å². The predicted octanol–water partition coefficient (Wildman–Crippen LogP) is 4.48. The molecule has 0 spiro atoms. The maximum absolute atomic E-state index is 10.9. The Morgan fingerprint density at radius 2 is 1.89 bits per heavy atom. The number of nitrogens with zero attached hydrogens (tertiary/aromatic N) is 1. The van der Waals surface area contributed by atoms with Crippen LogP contribution in [0.3, 0.4) is 0 Å². The second-order valence-electron chi connectivity index (χ2n) is 3.75. The normalized spacial score (nSPS) is 10.2. The molecule has 0 N–H and O–H groups in total. The minimum absolute atomic E-state index is 0.0145. The van der Waals surface area contributed by atoms with Crippen LogP contribution in [0.5, 0.6) is 5.75 Å². The van der Waals surface area contributed by atoms with Crippen molar-refractivity contribution in [1.82, 2.24) is 0 Å². The molecule has 0 bridgehead atoms. The van der Waals surface area contributed by atoms with E-state index < -0.39 is 4.92 Å². The Balaban J connectivity index is 2.19. The van der Waals surface area contributed by atoms with Gasteiger partial charge in [-0.3, -0.25) is 10.1 Å². The fourth-order valence-electron chi connectivity index (χ4n) is 1.55. The first kappa shape index (κ1) is 13.6. The van der Waals surface area contributed by atoms with Crippen LogP contribution in [-0.2, 0) is 6.61 Å². The largest absolute Gasteiger partial charge is 0.487 e. The molecule has 0 aliphatic heterocycles. The zero-order valence-corrected chi connectivity index (χ0v) is 11.2. The van der Waals surface area contributed by atoms with Crippen molar-refractivity contribution in [2.24, 2.45) is 0 Å². The van der Waals surface area contributed by atoms with Crippen LogP contribution in [0.4, 0.5) is 5.69 Å². The third kappa shape index (κ3) is 3.36. The van der Waals surface area contributed by atoms with Crippen molar-refractivity contribution in [2.75, 3.05) is 0 Å². The molecule has 6 heteroatoms. The second kappa shape index (κ2) is 5.91. The first-order valence-electron chi connectivity index (χ1n) is 5.38. The minimum Gasteiger partial charge on any atom is -0.487 e. The van der Waals surface area contributed by atoms with Gasteiger partial charge in [0, 0.05) is 17.2 Å². The SMILES string of the molecule is O=[N+]([O-])c1ccccc1COc1cc(Cl)ccc1Cl. The lowest BCUT2D eigenvalue weighted by molar-refractivity contribution is -0.385. The van der Waals surface area contributed by atoms with Crippen LogP contribution >= 0.6 is 23.2 Å². The molecule has 2 aromatic carbocycles. The van der Waals surface area contributed by atoms with E-state index in [1.165, 1.54) is 6.07 Å². The van der Waals surface area contributed by atoms with Crippen molar-refractivity contribution in [3.63, 3.8) is 0 Å². The predicted molar refractivity (Wildman–Crippen MR) is 73.9 cm³/mol. The summed E-state index contributed by atoms with van der Waals surface area (Å²) in [5.41, 5.74) is 0.490. The molecule has 98 valence electrons. The molecule has 4 nitrogen and oxygen atoms in total. The highest BCUT2D eigenvalue weighted by molar-refractivity contribution is 6.34. The minimum atomic E-state index is -0.446. The van der Waals surface area contributed by atoms with E-state index in [9.17, 15) is 10.1 Å². The van der Waals surface area contributed by atoms with Crippen molar-refractivity contribution in [3.05, 3.63) is 68.2 Å². The molecule has 19 heavy (non-hydrogen) atoms. The van der Waals surface area contributed by atoms with E-state index in [2.05, 4.69) is 0 Å². The summed E-state index contributed by atoms with van der Waals surface area (Å²) < 4.78 is 5.47. The van der Waals surface area contributed by atoms with Crippen molar-refractivity contribution >= 4 is 28.9 Å². The summed E-state index contributed by atoms with van der Waals surface area (Å²) in [5, 5.41) is 11.8. The number of hydrogen-bond acceptors (Lipinski definition) is 3. The van der Waals surface area contributed by atoms with Crippen LogP contribution in [0.15, 0.2) is 42.5 Å². The third-order valence-corrected chi connectivity index (χ3v) is 3.01. The monoisotopic (exact) mass is 297 g/mol. The van der Waals surface area contributed by atoms with Gasteiger partial charge in [0.2, 0.25) is 0 Å². The molecule has 0 radical (unpaired) electrons. The summed E-state index contributed by atoms with van der Waals surface area (Å²) >= 11 is 11.8. The van der Waals surface area contributed by atoms with Gasteiger partial charge in [0.15, 0.2) is 0 Å². The summed E-state index contributed by atoms with van der Waals surface area (Å²) in [6.07, 6.45) is 0. The molecule has 0 fully saturated rings. The van der Waals surface area contributed by atoms with E-state index in [4.69, 9.17) is 27.9 Å². The highest BCUT2D eigenvalue weighted by Gasteiger charge is 2.13. The van der Waals surface area contributed by atoms with E-state index in [0.29, 0.717) is 21.4 Å². The first-order chi connectivity index (χ1) is 9.08. The molecular weight excluding hydrogens is 289 g/mol. The van der Waals surface area contributed by atoms with Gasteiger partial charge in [0.25, 0.3) is 5.69 Å². The van der Waals surface area contributed by atoms with Gasteiger partial charge < -0.3 is 4.74 Å². The van der Waals surface area contributed by atoms with Gasteiger partial charge in [0.05, 0.1) is 15.5 Å². The van der Waals surface area contributed by atoms with E-state index in [-0.39, 0.29) is 12.3 Å². The molecule has 0 saturated heterocycles. The Bertz CT molecular complexity index is 617. The molecule has 0 heterocycles. The Morgan fingerprint density at radius 3 is 2.63 bits per heavy atom. The van der Waals surface area contributed by atoms with Crippen LogP contribution in [0, 0.1) is 10.1 Å². The Labute approximate surface area is 119 Å². The van der Waals surface area contributed by atoms with Crippen LogP contribution < -0.4 is 4.74 Å². The second-order valence-corrected chi connectivity index (χ2v) is 4.59. The average molecular weight is 298 g/mol. The topological polar surface area (TPSA) is 52.4 Å². The first-order valence-corrected chi connectivity index (χ1v) is 6.13. The maximum atomic E-state index is 10.9. The molecular formula is C13H9Cl2NO3. The highest BCUT2D eigenvalue weighted by atomic mass is 35.5. The highest BCUT2D eigenvalue weighted by Crippen LogP contribution is 2.29. The standard InChI is InChI=1S/C13H9Cl2NO3/c14-10-5-6-11(15)13(7-10)19-8-9-3-1-2-4-12(9)16(17)18/h1-7H,8H2. The molecule has 2 rings (SSSR count). The summed E-state index contributed by atoms with van der Waals surface area (Å²) in [7, 11) is 0. The molecule has 0 aliphatic carbocycles. The van der Waals surface area contributed by atoms with Gasteiger partial charge in [0.1, 0.15) is 12.4 Å². The number of halogens is 2. The number of nitro benzene ring substituents is 1. The van der Waals surface area contributed by atoms with Crippen molar-refractivity contribution in [1.29, 1.82) is 0 Å². The zero-order chi connectivity index (χ0) is 13.8. The van der Waals surface area contributed by atoms with Gasteiger partial charge in [-0.25, -0.2) is 0 Å². The third-order valence-electron chi connectivity index (χ3n) is 2.46. The van der Waals surface area contributed by atoms with E-state index in [1.807, 2.05) is 0 Å². The maximum Gasteiger partial charge on any atom is 0.276 e. The van der Waals surface area contributed by atoms with E-state index in [1.54, 1.807) is 36.4 Å². The Hall–Kier alpha value is -1.78. The number of benzene rings is 2. The molecule has 0 aromatic heterocycles. The smallest absolute Gasteiger partial charge is 0.276 e. The average Bonchev–Trinajstić information content (AvgIpc) is 2.40. The molecule has 0 aliphatic rings. The quantitative estimate of drug-likeness (QED) is 0.617. The summed E-state index contributed by atoms with van der Waals surface area (Å²) in [6, 6.07) is 11.2. The fraction of sp³-hybridized carbons (Fsp3) is 0.0769. The van der Waals surface area contributed by atoms with Crippen LogP contribution in [0.25, 0.3) is 0 Å². The lowest BCUT2D eigenvalue weighted by atomic mass is 10.2. The van der Waals surface area contributed by atoms with Crippen molar-refractivity contribution < 1.29 is 9.66 Å². The van der Waals surface area contributed by atoms with Gasteiger partial charge in [-0.05, 0) is 18.2 Å². The zero-order valence-electron chi connectivity index (χ0n) is 9.68. The molecule has 0 amide bonds. The van der Waals surface area contributed by atoms with Crippen molar-refractivity contribution in [3.8, 4) is 5.75 Å². The number of rotatable bonds is 4. The van der Waals surface area contributed by atoms with Crippen molar-refractivity contribution in [2.45, 2.75) is 6.61 Å². The molecule has 0 saturated carbocycles. The summed E-state index contributed by atoms with van der Waals surface area (Å²) in [4.78, 5) is 10.4. The lowest BCUT2D eigenvalue weighted by Gasteiger charge is -2.08. The van der Waals surface area contributed by atoms with Crippen LogP contribution in [0.2, 0.25) is 10.0 Å². The van der Waals surface area contributed by atoms with Gasteiger partial charge >= 0.3 is 0 Å². The summed E-state index contributed by atoms with van der Waals surface area (Å²) in [6.45, 7) is 0.0528. The Morgan fingerprint density at radius 1 is 1.16 bits per heavy atom. The van der Waals surface area contributed by atoms with Gasteiger partial charge in [-0.2, -0.15) is 0 Å². The number of para-hydroxylation sites is 1. The number of hydrogen-bond donors (Lipinski definition) is 0. The fourth-order valence-corrected chi connectivity index (χ4v) is 1.89. The lowest BCUT2D eigenvalue weighted by Crippen LogP contribution is -2.00. The Kier molecular flexibility index (Phi) is 4.24. The molecule has 0 atom stereocenters. The summed E-state index contributed by atoms with van der Waals surface area (Å²) in [5.74, 6) is 0.396. The number of ether oxygens (including phenoxy) is 1. The van der Waals surface area contributed by atoms with E-state index in [0.717, 1.165) is 0 Å². The van der Waals surface area contributed by atoms with Gasteiger partial charge in [-0.1, -0.05) is 35.3 Å². The number of nitro groups is 1. The van der Waals surface area contributed by atoms with Crippen LogP contribution in [0.1, 0.15) is 5.56 Å². The molecule has 0 unspecified atom stereocenters.